The van der Waals surface area contributed by atoms with Crippen molar-refractivity contribution in [3.63, 3.8) is 0 Å². The van der Waals surface area contributed by atoms with Gasteiger partial charge in [-0.2, -0.15) is 0 Å². The first kappa shape index (κ1) is 17.5. The van der Waals surface area contributed by atoms with E-state index in [1.54, 1.807) is 0 Å². The Morgan fingerprint density at radius 2 is 1.17 bits per heavy atom. The van der Waals surface area contributed by atoms with Crippen LogP contribution in [0.25, 0.3) is 0 Å². The van der Waals surface area contributed by atoms with Gasteiger partial charge in [-0.15, -0.1) is 6.58 Å². The van der Waals surface area contributed by atoms with Crippen LogP contribution in [-0.4, -0.2) is 0 Å². The van der Waals surface area contributed by atoms with Crippen LogP contribution in [0.1, 0.15) is 53.9 Å². The molecule has 0 amide bonds. The predicted molar refractivity (Wildman–Crippen MR) is 61.6 cm³/mol. The summed E-state index contributed by atoms with van der Waals surface area (Å²) in [4.78, 5) is 0. The van der Waals surface area contributed by atoms with E-state index in [-0.39, 0.29) is 0 Å². The maximum Gasteiger partial charge on any atom is -0.0382 e. The van der Waals surface area contributed by atoms with E-state index in [9.17, 15) is 0 Å². The van der Waals surface area contributed by atoms with E-state index in [0.717, 1.165) is 6.42 Å². The molecule has 0 radical (unpaired) electrons. The maximum absolute atomic E-state index is 3.48. The fourth-order valence-electron chi connectivity index (χ4n) is 0. The third-order valence-corrected chi connectivity index (χ3v) is 1.12. The van der Waals surface area contributed by atoms with Gasteiger partial charge in [-0.1, -0.05) is 51.8 Å². The molecule has 12 heavy (non-hydrogen) atoms. The highest BCUT2D eigenvalue weighted by molar-refractivity contribution is 4.68. The molecule has 0 saturated carbocycles. The zero-order valence-corrected chi connectivity index (χ0v) is 9.56. The Kier molecular flexibility index (Phi) is 45.8. The van der Waals surface area contributed by atoms with Crippen LogP contribution in [0.4, 0.5) is 0 Å². The smallest absolute Gasteiger partial charge is 0.0382 e. The van der Waals surface area contributed by atoms with Crippen LogP contribution in [0, 0.1) is 0 Å². The fourth-order valence-corrected chi connectivity index (χ4v) is 0. The number of rotatable bonds is 2. The summed E-state index contributed by atoms with van der Waals surface area (Å²) in [7, 11) is 0. The normalized spacial score (nSPS) is 7.75. The SMILES string of the molecule is C/C=C/C.C=CCC.CCCC. The summed E-state index contributed by atoms with van der Waals surface area (Å²) in [5, 5.41) is 0. The van der Waals surface area contributed by atoms with E-state index in [4.69, 9.17) is 0 Å². The number of hydrogen-bond acceptors (Lipinski definition) is 0. The molecule has 0 bridgehead atoms. The van der Waals surface area contributed by atoms with Gasteiger partial charge < -0.3 is 0 Å². The molecule has 0 heteroatoms. The lowest BCUT2D eigenvalue weighted by Gasteiger charge is -1.68. The van der Waals surface area contributed by atoms with Crippen molar-refractivity contribution >= 4 is 0 Å². The molecule has 0 saturated heterocycles. The highest BCUT2D eigenvalue weighted by Gasteiger charge is 1.56. The Balaban J connectivity index is -0.000000101. The lowest BCUT2D eigenvalue weighted by atomic mass is 10.4. The number of unbranched alkanes of at least 4 members (excludes halogenated alkanes) is 1. The van der Waals surface area contributed by atoms with Gasteiger partial charge in [-0.05, 0) is 20.3 Å². The summed E-state index contributed by atoms with van der Waals surface area (Å²) in [6, 6.07) is 0. The first-order valence-corrected chi connectivity index (χ1v) is 4.93. The first-order chi connectivity index (χ1) is 5.74. The molecular weight excluding hydrogens is 144 g/mol. The van der Waals surface area contributed by atoms with Gasteiger partial charge >= 0.3 is 0 Å². The topological polar surface area (TPSA) is 0 Å². The van der Waals surface area contributed by atoms with Crippen LogP contribution in [0.5, 0.6) is 0 Å². The second-order valence-electron chi connectivity index (χ2n) is 2.36. The van der Waals surface area contributed by atoms with E-state index in [2.05, 4.69) is 27.4 Å². The quantitative estimate of drug-likeness (QED) is 0.513. The zero-order valence-electron chi connectivity index (χ0n) is 9.56. The molecule has 0 aromatic carbocycles. The van der Waals surface area contributed by atoms with Crippen molar-refractivity contribution in [3.05, 3.63) is 24.8 Å². The number of allylic oxidation sites excluding steroid dienone is 3. The largest absolute Gasteiger partial charge is 0.103 e. The summed E-state index contributed by atoms with van der Waals surface area (Å²) in [5.74, 6) is 0. The molecule has 74 valence electrons. The molecule has 0 aromatic heterocycles. The molecule has 0 N–H and O–H groups in total. The van der Waals surface area contributed by atoms with Crippen molar-refractivity contribution in [2.45, 2.75) is 53.9 Å². The molecule has 0 rings (SSSR count). The van der Waals surface area contributed by atoms with Crippen LogP contribution in [-0.2, 0) is 0 Å². The minimum Gasteiger partial charge on any atom is -0.103 e. The second-order valence-corrected chi connectivity index (χ2v) is 2.36. The van der Waals surface area contributed by atoms with Gasteiger partial charge in [-0.25, -0.2) is 0 Å². The van der Waals surface area contributed by atoms with Gasteiger partial charge in [0, 0.05) is 0 Å². The number of hydrogen-bond donors (Lipinski definition) is 0. The van der Waals surface area contributed by atoms with Gasteiger partial charge in [0.05, 0.1) is 0 Å². The summed E-state index contributed by atoms with van der Waals surface area (Å²) in [6.07, 6.45) is 9.60. The van der Waals surface area contributed by atoms with Crippen LogP contribution >= 0.6 is 0 Å². The summed E-state index contributed by atoms with van der Waals surface area (Å²) in [6.45, 7) is 13.9. The minimum absolute atomic E-state index is 1.08. The molecule has 0 aliphatic carbocycles. The fraction of sp³-hybridized carbons (Fsp3) is 0.667. The molecular formula is C12H26. The molecule has 0 fully saturated rings. The lowest BCUT2D eigenvalue weighted by molar-refractivity contribution is 0.886. The van der Waals surface area contributed by atoms with E-state index in [1.807, 2.05) is 32.1 Å². The van der Waals surface area contributed by atoms with Crippen molar-refractivity contribution in [1.29, 1.82) is 0 Å². The monoisotopic (exact) mass is 170 g/mol. The second kappa shape index (κ2) is 31.4. The minimum atomic E-state index is 1.08. The molecule has 0 spiro atoms. The van der Waals surface area contributed by atoms with Gasteiger partial charge in [-0.3, -0.25) is 0 Å². The molecule has 0 aliphatic rings. The third kappa shape index (κ3) is 111. The summed E-state index contributed by atoms with van der Waals surface area (Å²) >= 11 is 0. The molecule has 0 heterocycles. The summed E-state index contributed by atoms with van der Waals surface area (Å²) in [5.41, 5.74) is 0. The van der Waals surface area contributed by atoms with E-state index < -0.39 is 0 Å². The molecule has 0 atom stereocenters. The average molecular weight is 170 g/mol. The van der Waals surface area contributed by atoms with Gasteiger partial charge in [0.15, 0.2) is 0 Å². The third-order valence-electron chi connectivity index (χ3n) is 1.12. The molecule has 0 unspecified atom stereocenters. The van der Waals surface area contributed by atoms with Crippen molar-refractivity contribution in [2.24, 2.45) is 0 Å². The van der Waals surface area contributed by atoms with Crippen LogP contribution in [0.2, 0.25) is 0 Å². The van der Waals surface area contributed by atoms with Gasteiger partial charge in [0.25, 0.3) is 0 Å². The van der Waals surface area contributed by atoms with E-state index in [0.29, 0.717) is 0 Å². The van der Waals surface area contributed by atoms with Gasteiger partial charge in [0.2, 0.25) is 0 Å². The Morgan fingerprint density at radius 1 is 0.917 bits per heavy atom. The van der Waals surface area contributed by atoms with Crippen LogP contribution in [0.15, 0.2) is 24.8 Å². The first-order valence-electron chi connectivity index (χ1n) is 4.93. The average Bonchev–Trinajstić information content (AvgIpc) is 2.18. The highest BCUT2D eigenvalue weighted by atomic mass is 13.6. The molecule has 0 aromatic rings. The Hall–Kier alpha value is -0.520. The van der Waals surface area contributed by atoms with E-state index in [1.165, 1.54) is 12.8 Å². The van der Waals surface area contributed by atoms with Gasteiger partial charge in [0.1, 0.15) is 0 Å². The summed E-state index contributed by atoms with van der Waals surface area (Å²) < 4.78 is 0. The maximum atomic E-state index is 3.48. The van der Waals surface area contributed by atoms with Crippen molar-refractivity contribution in [2.75, 3.05) is 0 Å². The lowest BCUT2D eigenvalue weighted by Crippen LogP contribution is -1.47. The van der Waals surface area contributed by atoms with E-state index >= 15 is 0 Å². The Labute approximate surface area is 79.4 Å². The van der Waals surface area contributed by atoms with Crippen molar-refractivity contribution < 1.29 is 0 Å². The Morgan fingerprint density at radius 3 is 1.17 bits per heavy atom. The zero-order chi connectivity index (χ0) is 10.2. The van der Waals surface area contributed by atoms with Crippen molar-refractivity contribution in [3.8, 4) is 0 Å². The highest BCUT2D eigenvalue weighted by Crippen LogP contribution is 1.76. The van der Waals surface area contributed by atoms with Crippen LogP contribution in [0.3, 0.4) is 0 Å². The standard InChI is InChI=1S/C4H10.2C4H8/c3*1-3-4-2/h3-4H2,1-2H3;3-4H,1-2H3;3H,1,4H2,2H3/b;4-3+;. The molecule has 0 aliphatic heterocycles. The molecule has 0 nitrogen and oxygen atoms in total. The Bertz CT molecular complexity index is 64.1. The predicted octanol–water partition coefficient (Wildman–Crippen LogP) is 4.97. The van der Waals surface area contributed by atoms with Crippen LogP contribution < -0.4 is 0 Å². The van der Waals surface area contributed by atoms with Crippen molar-refractivity contribution in [1.82, 2.24) is 0 Å².